The Hall–Kier alpha value is -0.460. The van der Waals surface area contributed by atoms with Crippen LogP contribution >= 0.6 is 35.1 Å². The fourth-order valence-corrected chi connectivity index (χ4v) is 5.13. The number of ether oxygens (including phenoxy) is 2. The molecular weight excluding hydrogens is 328 g/mol. The highest BCUT2D eigenvalue weighted by Gasteiger charge is 2.31. The molecule has 0 radical (unpaired) electrons. The molecular formula is C15H15ClO3S2. The van der Waals surface area contributed by atoms with Crippen molar-refractivity contribution in [2.45, 2.75) is 6.10 Å². The molecule has 3 nitrogen and oxygen atoms in total. The molecule has 2 aliphatic heterocycles. The molecule has 1 unspecified atom stereocenters. The molecule has 0 bridgehead atoms. The fraction of sp³-hybridized carbons (Fsp3) is 0.400. The summed E-state index contributed by atoms with van der Waals surface area (Å²) in [5.74, 6) is 1.99. The van der Waals surface area contributed by atoms with Gasteiger partial charge in [0.05, 0.1) is 30.4 Å². The van der Waals surface area contributed by atoms with Gasteiger partial charge in [-0.15, -0.1) is 23.5 Å². The van der Waals surface area contributed by atoms with Crippen molar-refractivity contribution in [3.63, 3.8) is 0 Å². The Morgan fingerprint density at radius 3 is 2.62 bits per heavy atom. The van der Waals surface area contributed by atoms with E-state index in [1.807, 2.05) is 12.1 Å². The van der Waals surface area contributed by atoms with E-state index in [1.165, 1.54) is 0 Å². The van der Waals surface area contributed by atoms with E-state index in [4.69, 9.17) is 21.1 Å². The standard InChI is InChI=1S/C15H15ClO3S2/c16-11-4-2-1-3-10(11)14(17)13(15-20-7-8-21-15)12-9-18-5-6-19-12/h1-4,12H,5-9H2. The molecule has 0 N–H and O–H groups in total. The molecule has 0 saturated carbocycles. The maximum atomic E-state index is 12.9. The average Bonchev–Trinajstić information content (AvgIpc) is 3.03. The lowest BCUT2D eigenvalue weighted by molar-refractivity contribution is -0.0712. The molecule has 1 atom stereocenters. The van der Waals surface area contributed by atoms with Gasteiger partial charge in [-0.05, 0) is 12.1 Å². The highest BCUT2D eigenvalue weighted by Crippen LogP contribution is 2.41. The van der Waals surface area contributed by atoms with Crippen LogP contribution in [0.25, 0.3) is 0 Å². The van der Waals surface area contributed by atoms with Crippen molar-refractivity contribution in [2.24, 2.45) is 0 Å². The van der Waals surface area contributed by atoms with Crippen molar-refractivity contribution in [2.75, 3.05) is 31.3 Å². The second kappa shape index (κ2) is 7.20. The zero-order valence-corrected chi connectivity index (χ0v) is 13.7. The van der Waals surface area contributed by atoms with Crippen LogP contribution in [0.2, 0.25) is 5.02 Å². The van der Waals surface area contributed by atoms with Crippen LogP contribution in [0.1, 0.15) is 10.4 Å². The van der Waals surface area contributed by atoms with E-state index in [9.17, 15) is 4.79 Å². The number of carbonyl (C=O) groups excluding carboxylic acids is 1. The summed E-state index contributed by atoms with van der Waals surface area (Å²) in [6.45, 7) is 1.53. The van der Waals surface area contributed by atoms with Gasteiger partial charge in [0.2, 0.25) is 0 Å². The molecule has 112 valence electrons. The Morgan fingerprint density at radius 1 is 1.19 bits per heavy atom. The normalized spacial score (nSPS) is 22.3. The summed E-state index contributed by atoms with van der Waals surface area (Å²) in [5, 5.41) is 0.477. The van der Waals surface area contributed by atoms with Gasteiger partial charge in [0, 0.05) is 21.3 Å². The van der Waals surface area contributed by atoms with Gasteiger partial charge in [-0.2, -0.15) is 0 Å². The third-order valence-corrected chi connectivity index (χ3v) is 6.35. The molecule has 2 fully saturated rings. The van der Waals surface area contributed by atoms with Crippen LogP contribution in [0.5, 0.6) is 0 Å². The van der Waals surface area contributed by atoms with Crippen molar-refractivity contribution in [1.82, 2.24) is 0 Å². The lowest BCUT2D eigenvalue weighted by atomic mass is 10.00. The number of thioether (sulfide) groups is 2. The summed E-state index contributed by atoms with van der Waals surface area (Å²) in [4.78, 5) is 12.9. The Labute approximate surface area is 137 Å². The predicted octanol–water partition coefficient (Wildman–Crippen LogP) is 3.63. The minimum absolute atomic E-state index is 0.0481. The zero-order chi connectivity index (χ0) is 14.7. The molecule has 2 saturated heterocycles. The first-order valence-electron chi connectivity index (χ1n) is 6.75. The van der Waals surface area contributed by atoms with E-state index in [1.54, 1.807) is 35.7 Å². The second-order valence-electron chi connectivity index (χ2n) is 4.64. The van der Waals surface area contributed by atoms with Gasteiger partial charge < -0.3 is 9.47 Å². The third-order valence-electron chi connectivity index (χ3n) is 3.27. The minimum atomic E-state index is -0.296. The summed E-state index contributed by atoms with van der Waals surface area (Å²) < 4.78 is 12.3. The Morgan fingerprint density at radius 2 is 1.95 bits per heavy atom. The van der Waals surface area contributed by atoms with Gasteiger partial charge in [0.1, 0.15) is 6.10 Å². The first-order valence-corrected chi connectivity index (χ1v) is 9.10. The minimum Gasteiger partial charge on any atom is -0.376 e. The van der Waals surface area contributed by atoms with E-state index in [0.29, 0.717) is 36.0 Å². The molecule has 2 heterocycles. The van der Waals surface area contributed by atoms with Crippen molar-refractivity contribution >= 4 is 40.9 Å². The van der Waals surface area contributed by atoms with Gasteiger partial charge in [0.25, 0.3) is 0 Å². The number of halogens is 1. The predicted molar refractivity (Wildman–Crippen MR) is 88.3 cm³/mol. The van der Waals surface area contributed by atoms with E-state index < -0.39 is 0 Å². The summed E-state index contributed by atoms with van der Waals surface area (Å²) in [7, 11) is 0. The van der Waals surface area contributed by atoms with Gasteiger partial charge in [0.15, 0.2) is 5.78 Å². The molecule has 0 amide bonds. The third kappa shape index (κ3) is 3.48. The van der Waals surface area contributed by atoms with E-state index in [2.05, 4.69) is 0 Å². The summed E-state index contributed by atoms with van der Waals surface area (Å²) >= 11 is 9.61. The van der Waals surface area contributed by atoms with Crippen LogP contribution in [0.15, 0.2) is 34.1 Å². The topological polar surface area (TPSA) is 35.5 Å². The zero-order valence-electron chi connectivity index (χ0n) is 11.3. The molecule has 1 aromatic carbocycles. The first-order chi connectivity index (χ1) is 10.3. The molecule has 1 aromatic rings. The van der Waals surface area contributed by atoms with Gasteiger partial charge in [-0.3, -0.25) is 4.79 Å². The van der Waals surface area contributed by atoms with Crippen molar-refractivity contribution in [3.05, 3.63) is 44.7 Å². The molecule has 2 aliphatic rings. The van der Waals surface area contributed by atoms with Crippen LogP contribution in [-0.4, -0.2) is 43.2 Å². The summed E-state index contributed by atoms with van der Waals surface area (Å²) in [5.41, 5.74) is 1.24. The summed E-state index contributed by atoms with van der Waals surface area (Å²) in [6, 6.07) is 7.16. The fourth-order valence-electron chi connectivity index (χ4n) is 2.28. The Balaban J connectivity index is 1.97. The number of hydrogen-bond acceptors (Lipinski definition) is 5. The molecule has 0 aromatic heterocycles. The number of carbonyl (C=O) groups is 1. The van der Waals surface area contributed by atoms with Crippen molar-refractivity contribution in [1.29, 1.82) is 0 Å². The highest BCUT2D eigenvalue weighted by atomic mass is 35.5. The monoisotopic (exact) mass is 342 g/mol. The average molecular weight is 343 g/mol. The number of Topliss-reactive ketones (excluding diaryl/α,β-unsaturated/α-hetero) is 1. The lowest BCUT2D eigenvalue weighted by Gasteiger charge is -2.26. The Kier molecular flexibility index (Phi) is 5.29. The highest BCUT2D eigenvalue weighted by molar-refractivity contribution is 8.25. The molecule has 0 aliphatic carbocycles. The van der Waals surface area contributed by atoms with Gasteiger partial charge in [-0.25, -0.2) is 0 Å². The largest absolute Gasteiger partial charge is 0.376 e. The van der Waals surface area contributed by atoms with Gasteiger partial charge in [-0.1, -0.05) is 23.7 Å². The van der Waals surface area contributed by atoms with Crippen LogP contribution in [0.3, 0.4) is 0 Å². The van der Waals surface area contributed by atoms with E-state index in [-0.39, 0.29) is 11.9 Å². The number of ketones is 1. The maximum absolute atomic E-state index is 12.9. The molecule has 6 heteroatoms. The quantitative estimate of drug-likeness (QED) is 0.619. The van der Waals surface area contributed by atoms with Crippen molar-refractivity contribution in [3.8, 4) is 0 Å². The molecule has 21 heavy (non-hydrogen) atoms. The first kappa shape index (κ1) is 15.4. The number of rotatable bonds is 3. The second-order valence-corrected chi connectivity index (χ2v) is 7.52. The molecule has 0 spiro atoms. The summed E-state index contributed by atoms with van der Waals surface area (Å²) in [6.07, 6.45) is -0.296. The van der Waals surface area contributed by atoms with Gasteiger partial charge >= 0.3 is 0 Å². The van der Waals surface area contributed by atoms with Crippen LogP contribution in [-0.2, 0) is 9.47 Å². The van der Waals surface area contributed by atoms with Crippen LogP contribution < -0.4 is 0 Å². The smallest absolute Gasteiger partial charge is 0.194 e. The molecule has 3 rings (SSSR count). The maximum Gasteiger partial charge on any atom is 0.194 e. The number of hydrogen-bond donors (Lipinski definition) is 0. The van der Waals surface area contributed by atoms with Crippen molar-refractivity contribution < 1.29 is 14.3 Å². The lowest BCUT2D eigenvalue weighted by Crippen LogP contribution is -2.33. The number of benzene rings is 1. The SMILES string of the molecule is O=C(C(=C1SCCS1)C1COCCO1)c1ccccc1Cl. The van der Waals surface area contributed by atoms with Crippen LogP contribution in [0.4, 0.5) is 0 Å². The van der Waals surface area contributed by atoms with E-state index in [0.717, 1.165) is 15.7 Å². The van der Waals surface area contributed by atoms with Crippen LogP contribution in [0, 0.1) is 0 Å². The Bertz CT molecular complexity index is 560. The van der Waals surface area contributed by atoms with E-state index >= 15 is 0 Å².